The van der Waals surface area contributed by atoms with Crippen LogP contribution >= 0.6 is 0 Å². The summed E-state index contributed by atoms with van der Waals surface area (Å²) in [4.78, 5) is 25.2. The molecule has 0 radical (unpaired) electrons. The van der Waals surface area contributed by atoms with E-state index in [9.17, 15) is 19.8 Å². The summed E-state index contributed by atoms with van der Waals surface area (Å²) < 4.78 is 13.3. The molecule has 1 heterocycles. The number of carboxylic acids is 1. The molecule has 1 aliphatic rings. The average molecular weight is 681 g/mol. The van der Waals surface area contributed by atoms with Crippen LogP contribution in [0.1, 0.15) is 85.3 Å². The fraction of sp³-hybridized carbons (Fsp3) is 0.366. The van der Waals surface area contributed by atoms with Crippen LogP contribution in [0.4, 0.5) is 0 Å². The second-order valence-electron chi connectivity index (χ2n) is 13.1. The van der Waals surface area contributed by atoms with E-state index in [4.69, 9.17) is 14.6 Å². The lowest BCUT2D eigenvalue weighted by molar-refractivity contribution is -0.253. The van der Waals surface area contributed by atoms with Crippen molar-refractivity contribution in [3.8, 4) is 11.1 Å². The van der Waals surface area contributed by atoms with Crippen LogP contribution in [0, 0.1) is 0 Å². The van der Waals surface area contributed by atoms with Crippen molar-refractivity contribution >= 4 is 11.9 Å². The number of hydrogen-bond donors (Lipinski definition) is 4. The number of ether oxygens (including phenoxy) is 2. The standard InChI is InChI=1S/C41H48N2O7/c1-28(40(48)32-11-4-3-5-12-32)43(2)26-36-24-37(31-20-18-29(27-44)19-21-31)50-41(49-36)35-15-9-14-34(23-35)33-13-8-10-30(22-33)25-42-38(45)16-6-7-17-39(46)47/h3-5,8-15,18-23,28,36-37,40-41,44,48H,6-7,16-17,24-27H2,1-2H3,(H,42,45)(H,46,47)/t28-,36+,37-,40-,41-/m1/s1. The number of aliphatic hydroxyl groups is 2. The second-order valence-corrected chi connectivity index (χ2v) is 13.1. The van der Waals surface area contributed by atoms with Crippen molar-refractivity contribution in [3.05, 3.63) is 131 Å². The number of hydrogen-bond acceptors (Lipinski definition) is 7. The minimum Gasteiger partial charge on any atom is -0.481 e. The number of aliphatic hydroxyl groups excluding tert-OH is 2. The Morgan fingerprint density at radius 1 is 0.840 bits per heavy atom. The number of carboxylic acid groups (broad SMARTS) is 1. The number of unbranched alkanes of at least 4 members (excludes halogenated alkanes) is 1. The summed E-state index contributed by atoms with van der Waals surface area (Å²) in [5.41, 5.74) is 6.53. The van der Waals surface area contributed by atoms with Gasteiger partial charge in [0.05, 0.1) is 24.9 Å². The molecule has 0 aromatic heterocycles. The molecule has 9 nitrogen and oxygen atoms in total. The Labute approximate surface area is 294 Å². The van der Waals surface area contributed by atoms with Crippen molar-refractivity contribution in [1.82, 2.24) is 10.2 Å². The maximum atomic E-state index is 12.3. The zero-order valence-corrected chi connectivity index (χ0v) is 28.8. The highest BCUT2D eigenvalue weighted by Gasteiger charge is 2.34. The SMILES string of the molecule is C[C@H]([C@@H](O)c1ccccc1)N(C)C[C@@H]1C[C@H](c2ccc(CO)cc2)O[C@H](c2cccc(-c3cccc(CNC(=O)CCCCC(=O)O)c3)c2)O1. The van der Waals surface area contributed by atoms with Crippen LogP contribution in [-0.2, 0) is 32.2 Å². The van der Waals surface area contributed by atoms with Gasteiger partial charge in [-0.25, -0.2) is 0 Å². The van der Waals surface area contributed by atoms with Gasteiger partial charge in [0, 0.05) is 44.0 Å². The molecule has 5 atom stereocenters. The first-order valence-electron chi connectivity index (χ1n) is 17.3. The minimum atomic E-state index is -0.849. The van der Waals surface area contributed by atoms with Gasteiger partial charge in [-0.15, -0.1) is 0 Å². The van der Waals surface area contributed by atoms with Gasteiger partial charge in [0.2, 0.25) is 5.91 Å². The van der Waals surface area contributed by atoms with Gasteiger partial charge in [-0.2, -0.15) is 0 Å². The van der Waals surface area contributed by atoms with E-state index in [0.717, 1.165) is 38.9 Å². The Morgan fingerprint density at radius 2 is 1.54 bits per heavy atom. The van der Waals surface area contributed by atoms with Gasteiger partial charge in [0.1, 0.15) is 0 Å². The molecule has 1 fully saturated rings. The quantitative estimate of drug-likeness (QED) is 0.0963. The van der Waals surface area contributed by atoms with E-state index in [1.165, 1.54) is 0 Å². The predicted octanol–water partition coefficient (Wildman–Crippen LogP) is 6.71. The monoisotopic (exact) mass is 680 g/mol. The van der Waals surface area contributed by atoms with Gasteiger partial charge in [-0.3, -0.25) is 14.5 Å². The highest BCUT2D eigenvalue weighted by atomic mass is 16.7. The molecule has 1 amide bonds. The topological polar surface area (TPSA) is 129 Å². The second kappa shape index (κ2) is 18.0. The Bertz CT molecular complexity index is 1680. The number of benzene rings is 4. The maximum absolute atomic E-state index is 12.3. The van der Waals surface area contributed by atoms with Crippen molar-refractivity contribution < 1.29 is 34.4 Å². The van der Waals surface area contributed by atoms with E-state index in [-0.39, 0.29) is 37.2 Å². The molecular weight excluding hydrogens is 632 g/mol. The molecule has 0 spiro atoms. The average Bonchev–Trinajstić information content (AvgIpc) is 3.15. The third-order valence-corrected chi connectivity index (χ3v) is 9.35. The summed E-state index contributed by atoms with van der Waals surface area (Å²) in [6.45, 7) is 2.96. The van der Waals surface area contributed by atoms with Crippen LogP contribution in [0.15, 0.2) is 103 Å². The number of rotatable bonds is 16. The molecule has 5 rings (SSSR count). The molecule has 0 saturated carbocycles. The maximum Gasteiger partial charge on any atom is 0.303 e. The van der Waals surface area contributed by atoms with E-state index in [2.05, 4.69) is 22.3 Å². The molecule has 1 saturated heterocycles. The molecule has 9 heteroatoms. The lowest BCUT2D eigenvalue weighted by Crippen LogP contribution is -2.43. The number of carbonyl (C=O) groups excluding carboxylic acids is 1. The van der Waals surface area contributed by atoms with Gasteiger partial charge < -0.3 is 30.1 Å². The zero-order valence-electron chi connectivity index (χ0n) is 28.8. The largest absolute Gasteiger partial charge is 0.481 e. The van der Waals surface area contributed by atoms with E-state index < -0.39 is 18.4 Å². The number of nitrogens with zero attached hydrogens (tertiary/aromatic N) is 1. The summed E-state index contributed by atoms with van der Waals surface area (Å²) >= 11 is 0. The normalized spacial score (nSPS) is 18.8. The summed E-state index contributed by atoms with van der Waals surface area (Å²) in [5, 5.41) is 32.4. The molecule has 0 unspecified atom stereocenters. The van der Waals surface area contributed by atoms with Gasteiger partial charge >= 0.3 is 5.97 Å². The fourth-order valence-corrected chi connectivity index (χ4v) is 6.27. The number of likely N-dealkylation sites (N-methyl/N-ethyl adjacent to an activating group) is 1. The molecule has 4 aromatic rings. The molecule has 4 N–H and O–H groups in total. The Balaban J connectivity index is 1.30. The van der Waals surface area contributed by atoms with Gasteiger partial charge in [-0.1, -0.05) is 91.0 Å². The summed E-state index contributed by atoms with van der Waals surface area (Å²) in [6.07, 6.45) is 0.294. The third kappa shape index (κ3) is 10.3. The highest BCUT2D eigenvalue weighted by molar-refractivity contribution is 5.76. The Kier molecular flexibility index (Phi) is 13.3. The molecule has 1 aliphatic heterocycles. The first-order valence-corrected chi connectivity index (χ1v) is 17.3. The van der Waals surface area contributed by atoms with Crippen LogP contribution in [0.2, 0.25) is 0 Å². The molecule has 0 aliphatic carbocycles. The van der Waals surface area contributed by atoms with E-state index in [1.54, 1.807) is 0 Å². The van der Waals surface area contributed by atoms with Crippen LogP contribution in [0.25, 0.3) is 11.1 Å². The molecule has 4 aromatic carbocycles. The van der Waals surface area contributed by atoms with Gasteiger partial charge in [-0.05, 0) is 72.3 Å². The van der Waals surface area contributed by atoms with Crippen LogP contribution < -0.4 is 5.32 Å². The number of carbonyl (C=O) groups is 2. The lowest BCUT2D eigenvalue weighted by Gasteiger charge is -2.39. The van der Waals surface area contributed by atoms with E-state index in [1.807, 2.05) is 105 Å². The predicted molar refractivity (Wildman–Crippen MR) is 192 cm³/mol. The van der Waals surface area contributed by atoms with E-state index in [0.29, 0.717) is 38.8 Å². The molecular formula is C41H48N2O7. The van der Waals surface area contributed by atoms with Gasteiger partial charge in [0.25, 0.3) is 0 Å². The molecule has 0 bridgehead atoms. The summed E-state index contributed by atoms with van der Waals surface area (Å²) in [7, 11) is 2.01. The first kappa shape index (κ1) is 36.9. The fourth-order valence-electron chi connectivity index (χ4n) is 6.27. The summed E-state index contributed by atoms with van der Waals surface area (Å²) in [6, 6.07) is 33.5. The van der Waals surface area contributed by atoms with Crippen molar-refractivity contribution in [3.63, 3.8) is 0 Å². The van der Waals surface area contributed by atoms with Crippen LogP contribution in [0.5, 0.6) is 0 Å². The number of aliphatic carboxylic acids is 1. The molecule has 50 heavy (non-hydrogen) atoms. The van der Waals surface area contributed by atoms with Crippen molar-refractivity contribution in [2.24, 2.45) is 0 Å². The Hall–Kier alpha value is -4.38. The van der Waals surface area contributed by atoms with Crippen molar-refractivity contribution in [2.45, 2.75) is 82.8 Å². The minimum absolute atomic E-state index is 0.0262. The molecule has 264 valence electrons. The van der Waals surface area contributed by atoms with E-state index >= 15 is 0 Å². The van der Waals surface area contributed by atoms with Crippen molar-refractivity contribution in [2.75, 3.05) is 13.6 Å². The van der Waals surface area contributed by atoms with Crippen LogP contribution in [0.3, 0.4) is 0 Å². The number of nitrogens with one attached hydrogen (secondary N) is 1. The summed E-state index contributed by atoms with van der Waals surface area (Å²) in [5.74, 6) is -0.947. The lowest BCUT2D eigenvalue weighted by atomic mass is 9.97. The third-order valence-electron chi connectivity index (χ3n) is 9.35. The first-order chi connectivity index (χ1) is 24.2. The van der Waals surface area contributed by atoms with Crippen LogP contribution in [-0.4, -0.2) is 57.8 Å². The smallest absolute Gasteiger partial charge is 0.303 e. The van der Waals surface area contributed by atoms with Gasteiger partial charge in [0.15, 0.2) is 6.29 Å². The Morgan fingerprint density at radius 3 is 2.26 bits per heavy atom. The number of amides is 1. The zero-order chi connectivity index (χ0) is 35.5. The highest BCUT2D eigenvalue weighted by Crippen LogP contribution is 2.39. The van der Waals surface area contributed by atoms with Crippen molar-refractivity contribution in [1.29, 1.82) is 0 Å².